The van der Waals surface area contributed by atoms with Gasteiger partial charge in [0.25, 0.3) is 5.91 Å². The van der Waals surface area contributed by atoms with Crippen LogP contribution in [0.4, 0.5) is 0 Å². The van der Waals surface area contributed by atoms with E-state index in [4.69, 9.17) is 4.74 Å². The Hall–Kier alpha value is -2.82. The van der Waals surface area contributed by atoms with E-state index < -0.39 is 0 Å². The van der Waals surface area contributed by atoms with Crippen LogP contribution in [0.15, 0.2) is 48.8 Å². The van der Waals surface area contributed by atoms with Crippen molar-refractivity contribution in [1.82, 2.24) is 15.3 Å². The van der Waals surface area contributed by atoms with Gasteiger partial charge in [-0.05, 0) is 36.2 Å². The van der Waals surface area contributed by atoms with Crippen molar-refractivity contribution in [3.8, 4) is 5.75 Å². The molecule has 0 atom stereocenters. The van der Waals surface area contributed by atoms with Crippen LogP contribution in [0.1, 0.15) is 16.1 Å². The van der Waals surface area contributed by atoms with Gasteiger partial charge < -0.3 is 15.0 Å². The second-order valence-electron chi connectivity index (χ2n) is 4.97. The molecule has 22 heavy (non-hydrogen) atoms. The van der Waals surface area contributed by atoms with E-state index in [1.54, 1.807) is 19.5 Å². The van der Waals surface area contributed by atoms with Crippen LogP contribution in [0.25, 0.3) is 10.9 Å². The van der Waals surface area contributed by atoms with Gasteiger partial charge in [0, 0.05) is 29.8 Å². The topological polar surface area (TPSA) is 67.0 Å². The van der Waals surface area contributed by atoms with Gasteiger partial charge in [0.1, 0.15) is 11.4 Å². The lowest BCUT2D eigenvalue weighted by atomic mass is 10.2. The van der Waals surface area contributed by atoms with Gasteiger partial charge >= 0.3 is 0 Å². The minimum atomic E-state index is -0.123. The van der Waals surface area contributed by atoms with Crippen LogP contribution in [0.3, 0.4) is 0 Å². The smallest absolute Gasteiger partial charge is 0.267 e. The summed E-state index contributed by atoms with van der Waals surface area (Å²) in [6.07, 6.45) is 4.29. The summed E-state index contributed by atoms with van der Waals surface area (Å²) in [6, 6.07) is 11.4. The third-order valence-electron chi connectivity index (χ3n) is 3.51. The lowest BCUT2D eigenvalue weighted by Crippen LogP contribution is -2.25. The quantitative estimate of drug-likeness (QED) is 0.760. The lowest BCUT2D eigenvalue weighted by molar-refractivity contribution is 0.0950. The van der Waals surface area contributed by atoms with Crippen molar-refractivity contribution in [1.29, 1.82) is 0 Å². The van der Waals surface area contributed by atoms with Crippen LogP contribution >= 0.6 is 0 Å². The number of aromatic amines is 1. The highest BCUT2D eigenvalue weighted by atomic mass is 16.5. The summed E-state index contributed by atoms with van der Waals surface area (Å²) in [7, 11) is 1.62. The third-order valence-corrected chi connectivity index (χ3v) is 3.51. The molecule has 2 heterocycles. The molecule has 0 bridgehead atoms. The fourth-order valence-electron chi connectivity index (χ4n) is 2.39. The second kappa shape index (κ2) is 6.30. The summed E-state index contributed by atoms with van der Waals surface area (Å²) >= 11 is 0. The first-order chi connectivity index (χ1) is 10.8. The summed E-state index contributed by atoms with van der Waals surface area (Å²) in [5.74, 6) is 0.630. The highest BCUT2D eigenvalue weighted by Crippen LogP contribution is 2.25. The van der Waals surface area contributed by atoms with E-state index in [9.17, 15) is 4.79 Å². The van der Waals surface area contributed by atoms with Gasteiger partial charge in [-0.2, -0.15) is 0 Å². The van der Waals surface area contributed by atoms with E-state index in [1.807, 2.05) is 36.4 Å². The summed E-state index contributed by atoms with van der Waals surface area (Å²) in [5, 5.41) is 3.81. The zero-order valence-electron chi connectivity index (χ0n) is 12.3. The lowest BCUT2D eigenvalue weighted by Gasteiger charge is -2.03. The van der Waals surface area contributed by atoms with Crippen molar-refractivity contribution < 1.29 is 9.53 Å². The Morgan fingerprint density at radius 3 is 3.00 bits per heavy atom. The molecule has 5 nitrogen and oxygen atoms in total. The van der Waals surface area contributed by atoms with Crippen molar-refractivity contribution in [2.75, 3.05) is 13.7 Å². The maximum absolute atomic E-state index is 12.2. The fraction of sp³-hybridized carbons (Fsp3) is 0.176. The van der Waals surface area contributed by atoms with Crippen molar-refractivity contribution in [2.24, 2.45) is 0 Å². The van der Waals surface area contributed by atoms with E-state index >= 15 is 0 Å². The summed E-state index contributed by atoms with van der Waals surface area (Å²) in [4.78, 5) is 19.4. The molecule has 0 unspecified atom stereocenters. The first-order valence-corrected chi connectivity index (χ1v) is 7.11. The van der Waals surface area contributed by atoms with Crippen molar-refractivity contribution in [3.05, 3.63) is 60.0 Å². The number of methoxy groups -OCH3 is 1. The Kier molecular flexibility index (Phi) is 4.05. The van der Waals surface area contributed by atoms with Gasteiger partial charge in [-0.25, -0.2) is 0 Å². The molecule has 0 radical (unpaired) electrons. The molecule has 0 fully saturated rings. The molecule has 0 spiro atoms. The zero-order chi connectivity index (χ0) is 15.4. The Morgan fingerprint density at radius 1 is 1.32 bits per heavy atom. The maximum atomic E-state index is 12.2. The van der Waals surface area contributed by atoms with E-state index in [0.29, 0.717) is 12.2 Å². The number of aromatic nitrogens is 2. The molecule has 0 saturated heterocycles. The monoisotopic (exact) mass is 295 g/mol. The third kappa shape index (κ3) is 2.93. The average Bonchev–Trinajstić information content (AvgIpc) is 3.00. The molecule has 2 aromatic heterocycles. The maximum Gasteiger partial charge on any atom is 0.267 e. The summed E-state index contributed by atoms with van der Waals surface area (Å²) in [5.41, 5.74) is 2.52. The summed E-state index contributed by atoms with van der Waals surface area (Å²) in [6.45, 7) is 0.566. The highest BCUT2D eigenvalue weighted by molar-refractivity contribution is 5.99. The molecule has 3 rings (SSSR count). The zero-order valence-corrected chi connectivity index (χ0v) is 12.3. The Balaban J connectivity index is 1.67. The number of carbonyl (C=O) groups is 1. The number of pyridine rings is 1. The summed E-state index contributed by atoms with van der Waals surface area (Å²) < 4.78 is 5.30. The van der Waals surface area contributed by atoms with Gasteiger partial charge in [0.15, 0.2) is 0 Å². The highest BCUT2D eigenvalue weighted by Gasteiger charge is 2.11. The molecular weight excluding hydrogens is 278 g/mol. The van der Waals surface area contributed by atoms with Crippen LogP contribution in [0, 0.1) is 0 Å². The number of hydrogen-bond donors (Lipinski definition) is 2. The first kappa shape index (κ1) is 14.1. The number of nitrogens with zero attached hydrogens (tertiary/aromatic N) is 1. The molecule has 0 aliphatic heterocycles. The minimum absolute atomic E-state index is 0.123. The number of H-pyrrole nitrogens is 1. The standard InChI is InChI=1S/C17H17N3O2/c1-22-16-6-2-5-14-13(16)10-15(20-14)17(21)19-9-7-12-4-3-8-18-11-12/h2-6,8,10-11,20H,7,9H2,1H3,(H,19,21). The molecule has 2 N–H and O–H groups in total. The van der Waals surface area contributed by atoms with Crippen LogP contribution in [0.2, 0.25) is 0 Å². The molecule has 5 heteroatoms. The van der Waals surface area contributed by atoms with Gasteiger partial charge in [-0.3, -0.25) is 9.78 Å². The van der Waals surface area contributed by atoms with Gasteiger partial charge in [0.2, 0.25) is 0 Å². The van der Waals surface area contributed by atoms with Crippen LogP contribution < -0.4 is 10.1 Å². The molecule has 1 aromatic carbocycles. The normalized spacial score (nSPS) is 10.6. The fourth-order valence-corrected chi connectivity index (χ4v) is 2.39. The average molecular weight is 295 g/mol. The molecule has 0 aliphatic rings. The molecule has 1 amide bonds. The number of ether oxygens (including phenoxy) is 1. The molecule has 0 aliphatic carbocycles. The van der Waals surface area contributed by atoms with Crippen molar-refractivity contribution in [3.63, 3.8) is 0 Å². The minimum Gasteiger partial charge on any atom is -0.496 e. The Bertz CT molecular complexity index is 781. The Labute approximate surface area is 128 Å². The number of carbonyl (C=O) groups excluding carboxylic acids is 1. The number of amides is 1. The van der Waals surface area contributed by atoms with Crippen LogP contribution in [-0.2, 0) is 6.42 Å². The first-order valence-electron chi connectivity index (χ1n) is 7.11. The van der Waals surface area contributed by atoms with Gasteiger partial charge in [0.05, 0.1) is 7.11 Å². The molecule has 112 valence electrons. The SMILES string of the molecule is COc1cccc2[nH]c(C(=O)NCCc3cccnc3)cc12. The number of hydrogen-bond acceptors (Lipinski definition) is 3. The number of rotatable bonds is 5. The van der Waals surface area contributed by atoms with Crippen LogP contribution in [-0.4, -0.2) is 29.5 Å². The van der Waals surface area contributed by atoms with Crippen molar-refractivity contribution in [2.45, 2.75) is 6.42 Å². The van der Waals surface area contributed by atoms with E-state index in [-0.39, 0.29) is 5.91 Å². The number of fused-ring (bicyclic) bond motifs is 1. The van der Waals surface area contributed by atoms with Crippen LogP contribution in [0.5, 0.6) is 5.75 Å². The Morgan fingerprint density at radius 2 is 2.23 bits per heavy atom. The second-order valence-corrected chi connectivity index (χ2v) is 4.97. The van der Waals surface area contributed by atoms with Gasteiger partial charge in [-0.15, -0.1) is 0 Å². The molecule has 3 aromatic rings. The molecule has 0 saturated carbocycles. The van der Waals surface area contributed by atoms with Crippen molar-refractivity contribution >= 4 is 16.8 Å². The predicted octanol–water partition coefficient (Wildman–Crippen LogP) is 2.54. The number of benzene rings is 1. The van der Waals surface area contributed by atoms with E-state index in [0.717, 1.165) is 28.6 Å². The van der Waals surface area contributed by atoms with Gasteiger partial charge in [-0.1, -0.05) is 12.1 Å². The molecular formula is C17H17N3O2. The number of nitrogens with one attached hydrogen (secondary N) is 2. The largest absolute Gasteiger partial charge is 0.496 e. The predicted molar refractivity (Wildman–Crippen MR) is 85.1 cm³/mol. The van der Waals surface area contributed by atoms with E-state index in [1.165, 1.54) is 0 Å². The van der Waals surface area contributed by atoms with E-state index in [2.05, 4.69) is 15.3 Å².